The molecule has 0 unspecified atom stereocenters. The van der Waals surface area contributed by atoms with E-state index < -0.39 is 12.2 Å². The lowest BCUT2D eigenvalue weighted by molar-refractivity contribution is 0.0199. The number of fused-ring (bicyclic) bond motifs is 5. The topological polar surface area (TPSA) is 88.4 Å². The molecule has 1 fully saturated rings. The lowest BCUT2D eigenvalue weighted by Crippen LogP contribution is -2.32. The SMILES string of the molecule is CCCCC[C@@H]1Cc2cc(O)c(CC(C)C)cc2-c2c(OC)cc3c(c21)C[C@@H](O)[C@H](c1ccc(O)c(OC2CCCCC2)c1)O3. The molecule has 6 heteroatoms. The molecule has 0 saturated heterocycles. The number of ether oxygens (including phenoxy) is 3. The van der Waals surface area contributed by atoms with Crippen molar-refractivity contribution in [2.75, 3.05) is 7.11 Å². The van der Waals surface area contributed by atoms with Crippen LogP contribution in [-0.4, -0.2) is 34.6 Å². The third-order valence-corrected chi connectivity index (χ3v) is 10.0. The fourth-order valence-electron chi connectivity index (χ4n) is 7.82. The van der Waals surface area contributed by atoms with Crippen LogP contribution in [0.15, 0.2) is 36.4 Å². The Hall–Kier alpha value is -3.38. The minimum absolute atomic E-state index is 0.101. The summed E-state index contributed by atoms with van der Waals surface area (Å²) in [6, 6.07) is 11.4. The zero-order chi connectivity index (χ0) is 31.7. The van der Waals surface area contributed by atoms with E-state index in [1.54, 1.807) is 13.2 Å². The highest BCUT2D eigenvalue weighted by Crippen LogP contribution is 2.54. The number of aromatic hydroxyl groups is 2. The second-order valence-electron chi connectivity index (χ2n) is 13.9. The Labute approximate surface area is 268 Å². The molecule has 3 aromatic rings. The number of hydrogen-bond acceptors (Lipinski definition) is 6. The van der Waals surface area contributed by atoms with Crippen LogP contribution in [0.2, 0.25) is 0 Å². The third-order valence-electron chi connectivity index (χ3n) is 10.0. The molecule has 0 amide bonds. The number of benzene rings is 3. The Kier molecular flexibility index (Phi) is 9.51. The first-order chi connectivity index (χ1) is 21.8. The molecular weight excluding hydrogens is 564 g/mol. The molecule has 0 bridgehead atoms. The predicted octanol–water partition coefficient (Wildman–Crippen LogP) is 8.94. The van der Waals surface area contributed by atoms with Crippen LogP contribution in [0.3, 0.4) is 0 Å². The quantitative estimate of drug-likeness (QED) is 0.198. The van der Waals surface area contributed by atoms with Gasteiger partial charge in [-0.2, -0.15) is 0 Å². The van der Waals surface area contributed by atoms with Gasteiger partial charge in [0, 0.05) is 23.6 Å². The molecule has 1 heterocycles. The molecule has 0 aromatic heterocycles. The number of phenols is 2. The summed E-state index contributed by atoms with van der Waals surface area (Å²) in [4.78, 5) is 0. The van der Waals surface area contributed by atoms with Crippen LogP contribution >= 0.6 is 0 Å². The van der Waals surface area contributed by atoms with E-state index in [0.29, 0.717) is 23.8 Å². The van der Waals surface area contributed by atoms with E-state index in [2.05, 4.69) is 26.8 Å². The summed E-state index contributed by atoms with van der Waals surface area (Å²) in [6.45, 7) is 6.56. The van der Waals surface area contributed by atoms with Gasteiger partial charge in [0.1, 0.15) is 23.4 Å². The monoisotopic (exact) mass is 614 g/mol. The number of unbranched alkanes of at least 4 members (excludes halogenated alkanes) is 2. The van der Waals surface area contributed by atoms with E-state index in [9.17, 15) is 15.3 Å². The average Bonchev–Trinajstić information content (AvgIpc) is 3.02. The molecule has 3 N–H and O–H groups in total. The second-order valence-corrected chi connectivity index (χ2v) is 13.9. The van der Waals surface area contributed by atoms with Gasteiger partial charge in [0.2, 0.25) is 0 Å². The molecule has 1 saturated carbocycles. The molecular formula is C39H50O6. The first-order valence-corrected chi connectivity index (χ1v) is 17.2. The maximum atomic E-state index is 11.7. The first-order valence-electron chi connectivity index (χ1n) is 17.2. The second kappa shape index (κ2) is 13.5. The number of methoxy groups -OCH3 is 1. The maximum absolute atomic E-state index is 11.7. The Bertz CT molecular complexity index is 1500. The molecule has 0 radical (unpaired) electrons. The minimum atomic E-state index is -0.768. The molecule has 3 atom stereocenters. The maximum Gasteiger partial charge on any atom is 0.161 e. The molecule has 45 heavy (non-hydrogen) atoms. The van der Waals surface area contributed by atoms with Gasteiger partial charge in [-0.05, 0) is 109 Å². The smallest absolute Gasteiger partial charge is 0.161 e. The number of aliphatic hydroxyl groups is 1. The first kappa shape index (κ1) is 31.6. The number of rotatable bonds is 10. The van der Waals surface area contributed by atoms with Gasteiger partial charge in [-0.15, -0.1) is 0 Å². The molecule has 6 nitrogen and oxygen atoms in total. The van der Waals surface area contributed by atoms with E-state index in [1.165, 1.54) is 12.0 Å². The number of phenolic OH excluding ortho intramolecular Hbond substituents is 2. The van der Waals surface area contributed by atoms with E-state index in [4.69, 9.17) is 14.2 Å². The van der Waals surface area contributed by atoms with Crippen molar-refractivity contribution in [1.29, 1.82) is 0 Å². The fraction of sp³-hybridized carbons (Fsp3) is 0.538. The largest absolute Gasteiger partial charge is 0.508 e. The van der Waals surface area contributed by atoms with Crippen molar-refractivity contribution in [1.82, 2.24) is 0 Å². The zero-order valence-corrected chi connectivity index (χ0v) is 27.4. The number of hydrogen-bond donors (Lipinski definition) is 3. The molecule has 3 aromatic carbocycles. The van der Waals surface area contributed by atoms with Crippen LogP contribution in [0.25, 0.3) is 11.1 Å². The molecule has 6 rings (SSSR count). The summed E-state index contributed by atoms with van der Waals surface area (Å²) < 4.78 is 19.0. The molecule has 0 spiro atoms. The molecule has 3 aliphatic rings. The van der Waals surface area contributed by atoms with Crippen molar-refractivity contribution in [3.63, 3.8) is 0 Å². The highest BCUT2D eigenvalue weighted by atomic mass is 16.5. The van der Waals surface area contributed by atoms with E-state index in [-0.39, 0.29) is 17.8 Å². The van der Waals surface area contributed by atoms with Gasteiger partial charge < -0.3 is 29.5 Å². The van der Waals surface area contributed by atoms with Crippen molar-refractivity contribution in [2.45, 2.75) is 122 Å². The van der Waals surface area contributed by atoms with Crippen LogP contribution in [0, 0.1) is 5.92 Å². The summed E-state index contributed by atoms with van der Waals surface area (Å²) in [5, 5.41) is 33.2. The van der Waals surface area contributed by atoms with Crippen molar-refractivity contribution in [3.05, 3.63) is 64.2 Å². The summed E-state index contributed by atoms with van der Waals surface area (Å²) >= 11 is 0. The van der Waals surface area contributed by atoms with Gasteiger partial charge in [-0.25, -0.2) is 0 Å². The van der Waals surface area contributed by atoms with Gasteiger partial charge in [0.05, 0.1) is 19.3 Å². The van der Waals surface area contributed by atoms with Crippen LogP contribution in [0.4, 0.5) is 0 Å². The van der Waals surface area contributed by atoms with Crippen molar-refractivity contribution in [2.24, 2.45) is 5.92 Å². The van der Waals surface area contributed by atoms with Crippen molar-refractivity contribution < 1.29 is 29.5 Å². The minimum Gasteiger partial charge on any atom is -0.508 e. The highest BCUT2D eigenvalue weighted by molar-refractivity contribution is 5.83. The van der Waals surface area contributed by atoms with Crippen LogP contribution in [-0.2, 0) is 19.3 Å². The van der Waals surface area contributed by atoms with Crippen LogP contribution in [0.1, 0.15) is 118 Å². The van der Waals surface area contributed by atoms with E-state index in [0.717, 1.165) is 109 Å². The fourth-order valence-corrected chi connectivity index (χ4v) is 7.82. The molecule has 1 aliphatic heterocycles. The van der Waals surface area contributed by atoms with Gasteiger partial charge in [-0.1, -0.05) is 52.5 Å². The number of aliphatic hydroxyl groups excluding tert-OH is 1. The zero-order valence-electron chi connectivity index (χ0n) is 27.4. The lowest BCUT2D eigenvalue weighted by atomic mass is 9.72. The average molecular weight is 615 g/mol. The Balaban J connectivity index is 1.40. The predicted molar refractivity (Wildman–Crippen MR) is 178 cm³/mol. The third kappa shape index (κ3) is 6.49. The molecule has 2 aliphatic carbocycles. The van der Waals surface area contributed by atoms with E-state index >= 15 is 0 Å². The van der Waals surface area contributed by atoms with E-state index in [1.807, 2.05) is 24.3 Å². The Morgan fingerprint density at radius 2 is 1.73 bits per heavy atom. The normalized spacial score (nSPS) is 21.1. The highest BCUT2D eigenvalue weighted by Gasteiger charge is 2.38. The van der Waals surface area contributed by atoms with Gasteiger partial charge in [-0.3, -0.25) is 0 Å². The Morgan fingerprint density at radius 3 is 2.47 bits per heavy atom. The van der Waals surface area contributed by atoms with Crippen molar-refractivity contribution in [3.8, 4) is 39.9 Å². The van der Waals surface area contributed by atoms with Gasteiger partial charge in [0.15, 0.2) is 11.5 Å². The molecule has 242 valence electrons. The Morgan fingerprint density at radius 1 is 0.933 bits per heavy atom. The summed E-state index contributed by atoms with van der Waals surface area (Å²) in [6.07, 6.45) is 10.8. The summed E-state index contributed by atoms with van der Waals surface area (Å²) in [5.41, 5.74) is 7.35. The van der Waals surface area contributed by atoms with Crippen LogP contribution < -0.4 is 14.2 Å². The standard InChI is InChI=1S/C39H50O6/c1-5-6-8-11-24-17-26-19-32(41)27(16-23(2)3)18-29(26)38-36(43-4)22-34-30(37(24)38)21-33(42)39(45-34)25-14-15-31(40)35(20-25)44-28-12-9-7-10-13-28/h14-15,18-20,22-24,28,33,39-42H,5-13,16-17,21H2,1-4H3/t24-,33-,39+/m1/s1. The van der Waals surface area contributed by atoms with Gasteiger partial charge >= 0.3 is 0 Å². The van der Waals surface area contributed by atoms with Crippen LogP contribution in [0.5, 0.6) is 28.7 Å². The van der Waals surface area contributed by atoms with Gasteiger partial charge in [0.25, 0.3) is 0 Å². The lowest BCUT2D eigenvalue weighted by Gasteiger charge is -2.38. The summed E-state index contributed by atoms with van der Waals surface area (Å²) in [5.74, 6) is 3.09. The van der Waals surface area contributed by atoms with Crippen molar-refractivity contribution >= 4 is 0 Å². The summed E-state index contributed by atoms with van der Waals surface area (Å²) in [7, 11) is 1.71.